The molecule has 1 fully saturated rings. The van der Waals surface area contributed by atoms with E-state index in [1.807, 2.05) is 25.4 Å². The minimum Gasteiger partial charge on any atom is -0.352 e. The number of nitrogens with one attached hydrogen (secondary N) is 2. The Morgan fingerprint density at radius 3 is 2.67 bits per heavy atom. The second-order valence-electron chi connectivity index (χ2n) is 10.1. The summed E-state index contributed by atoms with van der Waals surface area (Å²) in [5.41, 5.74) is 7.19. The molecule has 6 heteroatoms. The third kappa shape index (κ3) is 5.82. The predicted molar refractivity (Wildman–Crippen MR) is 167 cm³/mol. The smallest absolute Gasteiger partial charge is 0.116 e. The quantitative estimate of drug-likeness (QED) is 0.248. The zero-order chi connectivity index (χ0) is 27.4. The van der Waals surface area contributed by atoms with Crippen LogP contribution in [-0.2, 0) is 0 Å². The average molecular weight is 536 g/mol. The van der Waals surface area contributed by atoms with Crippen molar-refractivity contribution >= 4 is 34.4 Å². The van der Waals surface area contributed by atoms with Gasteiger partial charge >= 0.3 is 0 Å². The summed E-state index contributed by atoms with van der Waals surface area (Å²) in [7, 11) is 0. The van der Waals surface area contributed by atoms with E-state index in [1.54, 1.807) is 11.3 Å². The fourth-order valence-electron chi connectivity index (χ4n) is 5.25. The van der Waals surface area contributed by atoms with E-state index >= 15 is 0 Å². The number of aromatic amines is 2. The van der Waals surface area contributed by atoms with Gasteiger partial charge in [0.05, 0.1) is 22.8 Å². The first-order chi connectivity index (χ1) is 19.0. The van der Waals surface area contributed by atoms with Crippen LogP contribution in [-0.4, -0.2) is 44.7 Å². The molecule has 1 aliphatic rings. The molecule has 5 rings (SSSR count). The predicted octanol–water partition coefficient (Wildman–Crippen LogP) is 6.67. The molecule has 5 nitrogen and oxygen atoms in total. The molecule has 1 aliphatic heterocycles. The van der Waals surface area contributed by atoms with Gasteiger partial charge in [-0.1, -0.05) is 43.9 Å². The molecular formula is C33H37N5S. The lowest BCUT2D eigenvalue weighted by Crippen LogP contribution is -2.31. The highest BCUT2D eigenvalue weighted by atomic mass is 32.1. The lowest BCUT2D eigenvalue weighted by molar-refractivity contribution is 0.248. The van der Waals surface area contributed by atoms with Gasteiger partial charge in [-0.3, -0.25) is 15.0 Å². The average Bonchev–Trinajstić information content (AvgIpc) is 3.69. The number of allylic oxidation sites excluding steroid dienone is 4. The molecule has 0 atom stereocenters. The third-order valence-electron chi connectivity index (χ3n) is 7.39. The van der Waals surface area contributed by atoms with Crippen molar-refractivity contribution in [2.75, 3.05) is 19.6 Å². The fourth-order valence-corrected chi connectivity index (χ4v) is 6.15. The first kappa shape index (κ1) is 26.9. The van der Waals surface area contributed by atoms with Crippen molar-refractivity contribution in [3.8, 4) is 21.8 Å². The summed E-state index contributed by atoms with van der Waals surface area (Å²) in [4.78, 5) is 13.1. The summed E-state index contributed by atoms with van der Waals surface area (Å²) >= 11 is 1.78. The first-order valence-electron chi connectivity index (χ1n) is 13.7. The van der Waals surface area contributed by atoms with Crippen LogP contribution in [0.25, 0.3) is 44.9 Å². The van der Waals surface area contributed by atoms with Crippen LogP contribution in [0.5, 0.6) is 0 Å². The highest BCUT2D eigenvalue weighted by Crippen LogP contribution is 2.34. The maximum absolute atomic E-state index is 4.72. The molecule has 200 valence electrons. The first-order valence-corrected chi connectivity index (χ1v) is 14.5. The summed E-state index contributed by atoms with van der Waals surface area (Å²) in [6, 6.07) is 6.50. The van der Waals surface area contributed by atoms with E-state index in [9.17, 15) is 0 Å². The number of fused-ring (bicyclic) bond motifs is 1. The van der Waals surface area contributed by atoms with Crippen LogP contribution < -0.4 is 10.6 Å². The highest BCUT2D eigenvalue weighted by molar-refractivity contribution is 7.15. The summed E-state index contributed by atoms with van der Waals surface area (Å²) in [5.74, 6) is 0. The number of hydrogen-bond acceptors (Lipinski definition) is 4. The van der Waals surface area contributed by atoms with E-state index in [-0.39, 0.29) is 0 Å². The van der Waals surface area contributed by atoms with Crippen LogP contribution >= 0.6 is 11.3 Å². The van der Waals surface area contributed by atoms with E-state index in [0.717, 1.165) is 69.2 Å². The zero-order valence-electron chi connectivity index (χ0n) is 23.2. The molecular weight excluding hydrogens is 498 g/mol. The van der Waals surface area contributed by atoms with Crippen molar-refractivity contribution in [3.05, 3.63) is 94.1 Å². The molecule has 1 saturated heterocycles. The van der Waals surface area contributed by atoms with Gasteiger partial charge in [-0.2, -0.15) is 5.10 Å². The van der Waals surface area contributed by atoms with Gasteiger partial charge in [0.15, 0.2) is 0 Å². The molecule has 0 spiro atoms. The van der Waals surface area contributed by atoms with Crippen molar-refractivity contribution in [2.24, 2.45) is 0 Å². The van der Waals surface area contributed by atoms with Crippen LogP contribution in [0, 0.1) is 6.92 Å². The highest BCUT2D eigenvalue weighted by Gasteiger charge is 2.14. The molecule has 2 N–H and O–H groups in total. The fraction of sp³-hybridized carbons (Fsp3) is 0.273. The summed E-state index contributed by atoms with van der Waals surface area (Å²) in [6.07, 6.45) is 18.2. The van der Waals surface area contributed by atoms with Crippen LogP contribution in [0.15, 0.2) is 78.7 Å². The topological polar surface area (TPSA) is 60.6 Å². The number of aromatic nitrogens is 4. The van der Waals surface area contributed by atoms with Gasteiger partial charge in [0.1, 0.15) is 5.69 Å². The van der Waals surface area contributed by atoms with E-state index in [0.29, 0.717) is 0 Å². The van der Waals surface area contributed by atoms with E-state index < -0.39 is 0 Å². The Kier molecular flexibility index (Phi) is 8.24. The summed E-state index contributed by atoms with van der Waals surface area (Å²) < 4.78 is 0. The second kappa shape index (κ2) is 12.0. The molecule has 0 bridgehead atoms. The zero-order valence-corrected chi connectivity index (χ0v) is 24.0. The second-order valence-corrected chi connectivity index (χ2v) is 11.4. The molecule has 0 amide bonds. The van der Waals surface area contributed by atoms with Crippen molar-refractivity contribution < 1.29 is 0 Å². The van der Waals surface area contributed by atoms with Gasteiger partial charge in [0, 0.05) is 38.7 Å². The molecule has 4 aromatic rings. The number of H-pyrrole nitrogens is 2. The van der Waals surface area contributed by atoms with Gasteiger partial charge < -0.3 is 4.98 Å². The van der Waals surface area contributed by atoms with E-state index in [2.05, 4.69) is 89.5 Å². The van der Waals surface area contributed by atoms with E-state index in [4.69, 9.17) is 5.10 Å². The Bertz CT molecular complexity index is 1680. The van der Waals surface area contributed by atoms with Gasteiger partial charge in [0.25, 0.3) is 0 Å². The lowest BCUT2D eigenvalue weighted by atomic mass is 10.0. The van der Waals surface area contributed by atoms with Gasteiger partial charge in [-0.05, 0) is 87.7 Å². The Hall–Kier alpha value is -3.74. The Balaban J connectivity index is 1.52. The largest absolute Gasteiger partial charge is 0.352 e. The molecule has 0 saturated carbocycles. The molecule has 0 aromatic carbocycles. The Labute approximate surface area is 234 Å². The number of rotatable bonds is 8. The Morgan fingerprint density at radius 2 is 1.97 bits per heavy atom. The van der Waals surface area contributed by atoms with Crippen molar-refractivity contribution in [2.45, 2.75) is 40.0 Å². The van der Waals surface area contributed by atoms with Crippen LogP contribution in [0.4, 0.5) is 0 Å². The molecule has 0 unspecified atom stereocenters. The van der Waals surface area contributed by atoms with Crippen molar-refractivity contribution in [3.63, 3.8) is 0 Å². The van der Waals surface area contributed by atoms with Gasteiger partial charge in [-0.15, -0.1) is 11.3 Å². The molecule has 39 heavy (non-hydrogen) atoms. The normalized spacial score (nSPS) is 16.4. The minimum atomic E-state index is 0.866. The van der Waals surface area contributed by atoms with E-state index in [1.165, 1.54) is 34.6 Å². The summed E-state index contributed by atoms with van der Waals surface area (Å²) in [5, 5.41) is 11.1. The maximum Gasteiger partial charge on any atom is 0.116 e. The standard InChI is InChI=1S/C33H37N5S/c1-6-24(21-38-14-10-9-11-15-38)17-25(7-2)22(4)16-27-29(8-3)36-37-33(27)30-18-26-28(19-34-20-31(26)35-30)32-13-12-23(5)39-32/h6-8,12-13,16-20,35-36H,1,4,9-11,14-15,21H2,2-3,5H3/b24-17+,25-7+,27-16+,29-8+. The van der Waals surface area contributed by atoms with Crippen LogP contribution in [0.3, 0.4) is 0 Å². The number of hydrogen-bond donors (Lipinski definition) is 2. The third-order valence-corrected chi connectivity index (χ3v) is 8.42. The number of pyridine rings is 1. The number of likely N-dealkylation sites (tertiary alicyclic amines) is 1. The lowest BCUT2D eigenvalue weighted by Gasteiger charge is -2.26. The van der Waals surface area contributed by atoms with Crippen LogP contribution in [0.1, 0.15) is 38.0 Å². The van der Waals surface area contributed by atoms with Gasteiger partial charge in [0.2, 0.25) is 0 Å². The van der Waals surface area contributed by atoms with Crippen molar-refractivity contribution in [1.82, 2.24) is 25.1 Å². The van der Waals surface area contributed by atoms with Crippen LogP contribution in [0.2, 0.25) is 0 Å². The number of nitrogens with zero attached hydrogens (tertiary/aromatic N) is 3. The van der Waals surface area contributed by atoms with Crippen molar-refractivity contribution in [1.29, 1.82) is 0 Å². The summed E-state index contributed by atoms with van der Waals surface area (Å²) in [6.45, 7) is 18.0. The number of piperidine rings is 1. The monoisotopic (exact) mass is 535 g/mol. The molecule has 5 heterocycles. The molecule has 0 radical (unpaired) electrons. The molecule has 0 aliphatic carbocycles. The SMILES string of the molecule is C=C/C(=C\C(=C/C)C(=C)/C=c1/c(-c2cc3c(-c4ccc(C)s4)cncc3[nH]2)n[nH]/c1=C/C)CN1CCCCC1. The number of thiophene rings is 1. The van der Waals surface area contributed by atoms with Gasteiger partial charge in [-0.25, -0.2) is 0 Å². The number of aryl methyl sites for hydroxylation is 1. The minimum absolute atomic E-state index is 0.866. The Morgan fingerprint density at radius 1 is 1.15 bits per heavy atom. The molecule has 4 aromatic heterocycles. The maximum atomic E-state index is 4.72.